The van der Waals surface area contributed by atoms with Crippen LogP contribution in [0.5, 0.6) is 0 Å². The molecule has 0 bridgehead atoms. The molecule has 0 saturated carbocycles. The van der Waals surface area contributed by atoms with Gasteiger partial charge in [0.15, 0.2) is 5.96 Å². The zero-order valence-electron chi connectivity index (χ0n) is 15.4. The molecule has 0 aromatic carbocycles. The molecule has 0 fully saturated rings. The Balaban J connectivity index is 0.00000338. The summed E-state index contributed by atoms with van der Waals surface area (Å²) in [4.78, 5) is 9.07. The van der Waals surface area contributed by atoms with E-state index in [1.807, 2.05) is 30.6 Å². The fourth-order valence-corrected chi connectivity index (χ4v) is 2.93. The third kappa shape index (κ3) is 9.00. The molecule has 6 nitrogen and oxygen atoms in total. The first-order valence-corrected chi connectivity index (χ1v) is 9.69. The number of aromatic nitrogens is 1. The fourth-order valence-electron chi connectivity index (χ4n) is 2.24. The molecule has 8 heteroatoms. The molecular weight excluding hydrogens is 463 g/mol. The molecule has 1 atom stereocenters. The number of furan rings is 1. The van der Waals surface area contributed by atoms with Crippen LogP contribution in [0.1, 0.15) is 37.0 Å². The summed E-state index contributed by atoms with van der Waals surface area (Å²) >= 11 is 1.68. The van der Waals surface area contributed by atoms with E-state index in [9.17, 15) is 0 Å². The Hall–Kier alpha value is -1.13. The third-order valence-electron chi connectivity index (χ3n) is 3.60. The molecule has 2 N–H and O–H groups in total. The van der Waals surface area contributed by atoms with Crippen LogP contribution in [0.25, 0.3) is 0 Å². The van der Waals surface area contributed by atoms with Gasteiger partial charge in [-0.2, -0.15) is 0 Å². The summed E-state index contributed by atoms with van der Waals surface area (Å²) in [7, 11) is 0. The molecule has 0 aliphatic rings. The van der Waals surface area contributed by atoms with Crippen LogP contribution < -0.4 is 10.6 Å². The second kappa shape index (κ2) is 14.0. The van der Waals surface area contributed by atoms with E-state index in [2.05, 4.69) is 22.5 Å². The van der Waals surface area contributed by atoms with Gasteiger partial charge in [0, 0.05) is 50.2 Å². The number of hydrogen-bond donors (Lipinski definition) is 2. The van der Waals surface area contributed by atoms with Gasteiger partial charge in [-0.3, -0.25) is 4.99 Å². The highest BCUT2D eigenvalue weighted by Gasteiger charge is 2.08. The largest absolute Gasteiger partial charge is 0.469 e. The molecule has 0 aliphatic heterocycles. The van der Waals surface area contributed by atoms with Crippen molar-refractivity contribution in [2.45, 2.75) is 32.6 Å². The first-order valence-electron chi connectivity index (χ1n) is 8.81. The van der Waals surface area contributed by atoms with Crippen molar-refractivity contribution in [2.24, 2.45) is 4.99 Å². The molecule has 146 valence electrons. The van der Waals surface area contributed by atoms with E-state index in [1.165, 1.54) is 0 Å². The number of aliphatic imine (C=N–C) groups is 1. The van der Waals surface area contributed by atoms with Gasteiger partial charge < -0.3 is 19.8 Å². The molecule has 0 saturated heterocycles. The second-order valence-electron chi connectivity index (χ2n) is 5.69. The Bertz CT molecular complexity index is 590. The summed E-state index contributed by atoms with van der Waals surface area (Å²) in [6, 6.07) is 3.89. The van der Waals surface area contributed by atoms with Gasteiger partial charge in [0.2, 0.25) is 0 Å². The van der Waals surface area contributed by atoms with Crippen molar-refractivity contribution >= 4 is 41.3 Å². The van der Waals surface area contributed by atoms with Crippen LogP contribution in [-0.2, 0) is 11.2 Å². The van der Waals surface area contributed by atoms with Crippen LogP contribution in [0.2, 0.25) is 0 Å². The standard InChI is InChI=1S/C18H28N4O2S.HI/c1-3-23-11-5-8-20-18(21-9-7-16-6-4-12-24-16)22-14-15(2)17-19-10-13-25-17;/h4,6,10,12-13,15H,3,5,7-9,11,14H2,1-2H3,(H2,20,21,22);1H. The minimum atomic E-state index is 0. The highest BCUT2D eigenvalue weighted by atomic mass is 127. The lowest BCUT2D eigenvalue weighted by molar-refractivity contribution is 0.145. The van der Waals surface area contributed by atoms with Gasteiger partial charge in [0.05, 0.1) is 17.8 Å². The number of nitrogens with one attached hydrogen (secondary N) is 2. The van der Waals surface area contributed by atoms with Crippen molar-refractivity contribution in [1.29, 1.82) is 0 Å². The van der Waals surface area contributed by atoms with Crippen LogP contribution in [-0.4, -0.2) is 43.8 Å². The van der Waals surface area contributed by atoms with Crippen molar-refractivity contribution in [2.75, 3.05) is 32.8 Å². The maximum Gasteiger partial charge on any atom is 0.191 e. The summed E-state index contributed by atoms with van der Waals surface area (Å²) in [6.07, 6.45) is 5.32. The van der Waals surface area contributed by atoms with E-state index in [4.69, 9.17) is 14.1 Å². The lowest BCUT2D eigenvalue weighted by Crippen LogP contribution is -2.39. The molecule has 0 amide bonds. The zero-order valence-corrected chi connectivity index (χ0v) is 18.6. The SMILES string of the molecule is CCOCCCNC(=NCC(C)c1nccs1)NCCc1ccco1.I. The fraction of sp³-hybridized carbons (Fsp3) is 0.556. The Labute approximate surface area is 176 Å². The molecular formula is C18H29IN4O2S. The topological polar surface area (TPSA) is 71.7 Å². The molecule has 0 radical (unpaired) electrons. The minimum absolute atomic E-state index is 0. The Morgan fingerprint density at radius 3 is 2.92 bits per heavy atom. The van der Waals surface area contributed by atoms with Gasteiger partial charge in [-0.25, -0.2) is 4.98 Å². The van der Waals surface area contributed by atoms with Crippen molar-refractivity contribution in [3.8, 4) is 0 Å². The number of ether oxygens (including phenoxy) is 1. The molecule has 2 aromatic rings. The Morgan fingerprint density at radius 1 is 1.38 bits per heavy atom. The second-order valence-corrected chi connectivity index (χ2v) is 6.62. The number of rotatable bonds is 11. The molecule has 26 heavy (non-hydrogen) atoms. The van der Waals surface area contributed by atoms with E-state index < -0.39 is 0 Å². The van der Waals surface area contributed by atoms with Crippen molar-refractivity contribution < 1.29 is 9.15 Å². The van der Waals surface area contributed by atoms with Gasteiger partial charge in [-0.1, -0.05) is 6.92 Å². The third-order valence-corrected chi connectivity index (χ3v) is 4.61. The molecule has 1 unspecified atom stereocenters. The van der Waals surface area contributed by atoms with Gasteiger partial charge in [0.25, 0.3) is 0 Å². The van der Waals surface area contributed by atoms with Crippen LogP contribution in [0.4, 0.5) is 0 Å². The predicted molar refractivity (Wildman–Crippen MR) is 118 cm³/mol. The lowest BCUT2D eigenvalue weighted by Gasteiger charge is -2.13. The van der Waals surface area contributed by atoms with Crippen LogP contribution in [0.15, 0.2) is 39.4 Å². The van der Waals surface area contributed by atoms with E-state index in [0.717, 1.165) is 55.9 Å². The highest BCUT2D eigenvalue weighted by Crippen LogP contribution is 2.17. The minimum Gasteiger partial charge on any atom is -0.469 e. The highest BCUT2D eigenvalue weighted by molar-refractivity contribution is 14.0. The molecule has 0 spiro atoms. The van der Waals surface area contributed by atoms with Crippen LogP contribution >= 0.6 is 35.3 Å². The number of hydrogen-bond acceptors (Lipinski definition) is 5. The summed E-state index contributed by atoms with van der Waals surface area (Å²) in [5.41, 5.74) is 0. The smallest absolute Gasteiger partial charge is 0.191 e. The molecule has 2 rings (SSSR count). The van der Waals surface area contributed by atoms with Gasteiger partial charge in [-0.05, 0) is 25.5 Å². The average Bonchev–Trinajstić information content (AvgIpc) is 3.32. The number of halogens is 1. The van der Waals surface area contributed by atoms with E-state index >= 15 is 0 Å². The summed E-state index contributed by atoms with van der Waals surface area (Å²) in [5.74, 6) is 2.11. The normalized spacial score (nSPS) is 12.5. The molecule has 2 heterocycles. The zero-order chi connectivity index (χ0) is 17.7. The van der Waals surface area contributed by atoms with Crippen molar-refractivity contribution in [1.82, 2.24) is 15.6 Å². The maximum absolute atomic E-state index is 5.37. The summed E-state index contributed by atoms with van der Waals surface area (Å²) in [6.45, 7) is 7.99. The molecule has 0 aliphatic carbocycles. The summed E-state index contributed by atoms with van der Waals surface area (Å²) in [5, 5.41) is 9.87. The average molecular weight is 492 g/mol. The Kier molecular flexibility index (Phi) is 12.3. The first kappa shape index (κ1) is 22.9. The monoisotopic (exact) mass is 492 g/mol. The van der Waals surface area contributed by atoms with Crippen LogP contribution in [0, 0.1) is 0 Å². The number of guanidine groups is 1. The maximum atomic E-state index is 5.37. The van der Waals surface area contributed by atoms with E-state index in [0.29, 0.717) is 12.5 Å². The number of nitrogens with zero attached hydrogens (tertiary/aromatic N) is 2. The van der Waals surface area contributed by atoms with E-state index in [1.54, 1.807) is 17.6 Å². The van der Waals surface area contributed by atoms with Crippen molar-refractivity contribution in [3.05, 3.63) is 40.7 Å². The first-order chi connectivity index (χ1) is 12.3. The van der Waals surface area contributed by atoms with Crippen LogP contribution in [0.3, 0.4) is 0 Å². The van der Waals surface area contributed by atoms with Gasteiger partial charge in [0.1, 0.15) is 5.76 Å². The number of thiazole rings is 1. The quantitative estimate of drug-likeness (QED) is 0.217. The Morgan fingerprint density at radius 2 is 2.23 bits per heavy atom. The van der Waals surface area contributed by atoms with Crippen molar-refractivity contribution in [3.63, 3.8) is 0 Å². The van der Waals surface area contributed by atoms with Gasteiger partial charge in [-0.15, -0.1) is 35.3 Å². The lowest BCUT2D eigenvalue weighted by atomic mass is 10.2. The predicted octanol–water partition coefficient (Wildman–Crippen LogP) is 3.66. The summed E-state index contributed by atoms with van der Waals surface area (Å²) < 4.78 is 10.7. The molecule has 2 aromatic heterocycles. The van der Waals surface area contributed by atoms with E-state index in [-0.39, 0.29) is 24.0 Å². The van der Waals surface area contributed by atoms with Gasteiger partial charge >= 0.3 is 0 Å².